The van der Waals surface area contributed by atoms with Gasteiger partial charge in [0.25, 0.3) is 0 Å². The van der Waals surface area contributed by atoms with Gasteiger partial charge >= 0.3 is 10.1 Å². The van der Waals surface area contributed by atoms with E-state index in [0.29, 0.717) is 5.69 Å². The molecule has 0 aliphatic heterocycles. The Morgan fingerprint density at radius 2 is 2.00 bits per heavy atom. The smallest absolute Gasteiger partial charge is 0.340 e. The molecule has 2 rings (SSSR count). The molecular formula is C11H10N2O3S. The number of hydrogen-bond donors (Lipinski definition) is 1. The molecular weight excluding hydrogens is 240 g/mol. The second-order valence-electron chi connectivity index (χ2n) is 3.30. The highest BCUT2D eigenvalue weighted by atomic mass is 32.2. The molecule has 0 bridgehead atoms. The Balaban J connectivity index is 2.30. The first-order valence-corrected chi connectivity index (χ1v) is 6.19. The average molecular weight is 250 g/mol. The first kappa shape index (κ1) is 11.4. The Kier molecular flexibility index (Phi) is 2.97. The molecule has 0 aliphatic rings. The summed E-state index contributed by atoms with van der Waals surface area (Å²) < 4.78 is 28.5. The quantitative estimate of drug-likeness (QED) is 0.658. The summed E-state index contributed by atoms with van der Waals surface area (Å²) in [6.07, 6.45) is 2.71. The predicted molar refractivity (Wildman–Crippen MR) is 62.9 cm³/mol. The molecule has 0 fully saturated rings. The van der Waals surface area contributed by atoms with Gasteiger partial charge in [0.2, 0.25) is 0 Å². The van der Waals surface area contributed by atoms with E-state index in [9.17, 15) is 8.42 Å². The van der Waals surface area contributed by atoms with Crippen LogP contribution >= 0.6 is 0 Å². The van der Waals surface area contributed by atoms with Gasteiger partial charge in [-0.25, -0.2) is 0 Å². The molecule has 88 valence electrons. The largest absolute Gasteiger partial charge is 0.399 e. The van der Waals surface area contributed by atoms with Crippen LogP contribution in [0.4, 0.5) is 5.69 Å². The molecule has 0 radical (unpaired) electrons. The summed E-state index contributed by atoms with van der Waals surface area (Å²) in [4.78, 5) is 3.73. The normalized spacial score (nSPS) is 11.1. The third-order valence-corrected chi connectivity index (χ3v) is 3.22. The van der Waals surface area contributed by atoms with Crippen molar-refractivity contribution in [1.82, 2.24) is 4.98 Å². The van der Waals surface area contributed by atoms with Crippen LogP contribution in [0.15, 0.2) is 53.7 Å². The summed E-state index contributed by atoms with van der Waals surface area (Å²) in [7, 11) is -3.85. The number of nitrogens with zero attached hydrogens (tertiary/aromatic N) is 1. The molecule has 6 heteroatoms. The zero-order chi connectivity index (χ0) is 12.3. The van der Waals surface area contributed by atoms with E-state index in [1.807, 2.05) is 0 Å². The highest BCUT2D eigenvalue weighted by molar-refractivity contribution is 7.87. The van der Waals surface area contributed by atoms with Crippen LogP contribution in [0, 0.1) is 0 Å². The van der Waals surface area contributed by atoms with Gasteiger partial charge in [-0.1, -0.05) is 6.07 Å². The molecule has 0 saturated heterocycles. The Labute approximate surface area is 99.0 Å². The lowest BCUT2D eigenvalue weighted by Gasteiger charge is -2.06. The number of benzene rings is 1. The molecule has 2 aromatic rings. The fraction of sp³-hybridized carbons (Fsp3) is 0. The number of aromatic nitrogens is 1. The summed E-state index contributed by atoms with van der Waals surface area (Å²) in [5.41, 5.74) is 5.96. The fourth-order valence-electron chi connectivity index (χ4n) is 1.24. The molecule has 0 unspecified atom stereocenters. The van der Waals surface area contributed by atoms with Crippen molar-refractivity contribution in [3.05, 3.63) is 48.8 Å². The second kappa shape index (κ2) is 4.42. The number of nitrogen functional groups attached to an aromatic ring is 1. The van der Waals surface area contributed by atoms with Gasteiger partial charge in [-0.05, 0) is 24.3 Å². The van der Waals surface area contributed by atoms with Crippen molar-refractivity contribution < 1.29 is 12.6 Å². The van der Waals surface area contributed by atoms with Gasteiger partial charge in [0, 0.05) is 24.1 Å². The van der Waals surface area contributed by atoms with E-state index in [-0.39, 0.29) is 10.6 Å². The van der Waals surface area contributed by atoms with E-state index in [2.05, 4.69) is 4.98 Å². The van der Waals surface area contributed by atoms with E-state index >= 15 is 0 Å². The molecule has 5 nitrogen and oxygen atoms in total. The van der Waals surface area contributed by atoms with Crippen molar-refractivity contribution >= 4 is 15.8 Å². The number of hydrogen-bond acceptors (Lipinski definition) is 5. The number of pyridine rings is 1. The Hall–Kier alpha value is -2.08. The highest BCUT2D eigenvalue weighted by Gasteiger charge is 2.16. The lowest BCUT2D eigenvalue weighted by molar-refractivity contribution is 0.486. The van der Waals surface area contributed by atoms with E-state index < -0.39 is 10.1 Å². The van der Waals surface area contributed by atoms with Gasteiger partial charge in [0.05, 0.1) is 0 Å². The summed E-state index contributed by atoms with van der Waals surface area (Å²) in [5, 5.41) is 0. The molecule has 0 saturated carbocycles. The molecule has 2 N–H and O–H groups in total. The fourth-order valence-corrected chi connectivity index (χ4v) is 2.12. The lowest BCUT2D eigenvalue weighted by atomic mass is 10.3. The molecule has 0 atom stereocenters. The molecule has 17 heavy (non-hydrogen) atoms. The van der Waals surface area contributed by atoms with E-state index in [1.54, 1.807) is 12.1 Å². The van der Waals surface area contributed by atoms with Gasteiger partial charge in [-0.2, -0.15) is 8.42 Å². The standard InChI is InChI=1S/C11H10N2O3S/c12-9-3-1-4-10(7-9)16-17(14,15)11-5-2-6-13-8-11/h1-8H,12H2. The maximum Gasteiger partial charge on any atom is 0.340 e. The molecule has 1 heterocycles. The maximum atomic E-state index is 11.8. The van der Waals surface area contributed by atoms with Crippen LogP contribution in [0.1, 0.15) is 0 Å². The van der Waals surface area contributed by atoms with Gasteiger partial charge in [0.1, 0.15) is 10.6 Å². The minimum absolute atomic E-state index is 0.00224. The summed E-state index contributed by atoms with van der Waals surface area (Å²) in [5.74, 6) is 0.175. The van der Waals surface area contributed by atoms with Crippen LogP contribution in [0.2, 0.25) is 0 Å². The van der Waals surface area contributed by atoms with Crippen molar-refractivity contribution in [3.8, 4) is 5.75 Å². The number of nitrogens with two attached hydrogens (primary N) is 1. The average Bonchev–Trinajstić information content (AvgIpc) is 2.29. The lowest BCUT2D eigenvalue weighted by Crippen LogP contribution is -2.09. The minimum Gasteiger partial charge on any atom is -0.399 e. The van der Waals surface area contributed by atoms with Crippen LogP contribution in [0.3, 0.4) is 0 Å². The monoisotopic (exact) mass is 250 g/mol. The Bertz CT molecular complexity index is 612. The van der Waals surface area contributed by atoms with Crippen molar-refractivity contribution in [2.45, 2.75) is 4.90 Å². The van der Waals surface area contributed by atoms with Gasteiger partial charge in [0.15, 0.2) is 0 Å². The maximum absolute atomic E-state index is 11.8. The van der Waals surface area contributed by atoms with Crippen LogP contribution < -0.4 is 9.92 Å². The first-order valence-electron chi connectivity index (χ1n) is 4.78. The number of rotatable bonds is 3. The van der Waals surface area contributed by atoms with Gasteiger partial charge < -0.3 is 9.92 Å². The third-order valence-electron chi connectivity index (χ3n) is 1.99. The number of anilines is 1. The second-order valence-corrected chi connectivity index (χ2v) is 4.84. The SMILES string of the molecule is Nc1cccc(OS(=O)(=O)c2cccnc2)c1. The summed E-state index contributed by atoms with van der Waals surface area (Å²) >= 11 is 0. The van der Waals surface area contributed by atoms with Crippen LogP contribution in [0.25, 0.3) is 0 Å². The molecule has 0 aliphatic carbocycles. The van der Waals surface area contributed by atoms with Crippen molar-refractivity contribution in [3.63, 3.8) is 0 Å². The molecule has 0 amide bonds. The minimum atomic E-state index is -3.85. The van der Waals surface area contributed by atoms with E-state index in [4.69, 9.17) is 9.92 Å². The predicted octanol–water partition coefficient (Wildman–Crippen LogP) is 1.43. The van der Waals surface area contributed by atoms with Crippen LogP contribution in [-0.4, -0.2) is 13.4 Å². The Morgan fingerprint density at radius 3 is 2.65 bits per heavy atom. The first-order chi connectivity index (χ1) is 8.08. The zero-order valence-electron chi connectivity index (χ0n) is 8.78. The molecule has 1 aromatic carbocycles. The van der Waals surface area contributed by atoms with E-state index in [1.165, 1.54) is 36.7 Å². The molecule has 1 aromatic heterocycles. The van der Waals surface area contributed by atoms with Crippen molar-refractivity contribution in [2.75, 3.05) is 5.73 Å². The third kappa shape index (κ3) is 2.73. The molecule has 0 spiro atoms. The topological polar surface area (TPSA) is 82.3 Å². The van der Waals surface area contributed by atoms with Crippen LogP contribution in [-0.2, 0) is 10.1 Å². The van der Waals surface area contributed by atoms with Crippen molar-refractivity contribution in [1.29, 1.82) is 0 Å². The summed E-state index contributed by atoms with van der Waals surface area (Å²) in [6.45, 7) is 0. The van der Waals surface area contributed by atoms with Gasteiger partial charge in [-0.15, -0.1) is 0 Å². The zero-order valence-corrected chi connectivity index (χ0v) is 9.59. The van der Waals surface area contributed by atoms with Crippen LogP contribution in [0.5, 0.6) is 5.75 Å². The van der Waals surface area contributed by atoms with Gasteiger partial charge in [-0.3, -0.25) is 4.98 Å². The van der Waals surface area contributed by atoms with Crippen molar-refractivity contribution in [2.24, 2.45) is 0 Å². The van der Waals surface area contributed by atoms with E-state index in [0.717, 1.165) is 0 Å². The highest BCUT2D eigenvalue weighted by Crippen LogP contribution is 2.19. The Morgan fingerprint density at radius 1 is 1.18 bits per heavy atom. The summed E-state index contributed by atoms with van der Waals surface area (Å²) in [6, 6.07) is 9.15.